The fourth-order valence-electron chi connectivity index (χ4n) is 1.90. The molecule has 0 radical (unpaired) electrons. The lowest BCUT2D eigenvalue weighted by molar-refractivity contribution is -0.152. The molecule has 0 spiro atoms. The van der Waals surface area contributed by atoms with Crippen molar-refractivity contribution in [2.45, 2.75) is 26.9 Å². The summed E-state index contributed by atoms with van der Waals surface area (Å²) >= 11 is 0. The first-order valence-corrected chi connectivity index (χ1v) is 5.64. The van der Waals surface area contributed by atoms with E-state index in [1.807, 2.05) is 20.8 Å². The second-order valence-electron chi connectivity index (χ2n) is 4.55. The van der Waals surface area contributed by atoms with Crippen molar-refractivity contribution in [3.8, 4) is 0 Å². The molecule has 0 saturated carbocycles. The fourth-order valence-corrected chi connectivity index (χ4v) is 1.90. The van der Waals surface area contributed by atoms with Gasteiger partial charge in [0.2, 0.25) is 0 Å². The molecule has 0 amide bonds. The highest BCUT2D eigenvalue weighted by Gasteiger charge is 2.33. The Hall–Kier alpha value is -1.36. The number of rotatable bonds is 4. The van der Waals surface area contributed by atoms with Gasteiger partial charge in [0.1, 0.15) is 0 Å². The standard InChI is InChI=1S/C12H20N2O3/c1-7(2)10(12(16)17-5)11(15)9-6-13-14(4)8(9)3/h6-7,10-11,15H,1-5H3. The molecule has 0 aliphatic rings. The molecular weight excluding hydrogens is 220 g/mol. The summed E-state index contributed by atoms with van der Waals surface area (Å²) in [7, 11) is 3.13. The number of nitrogens with zero attached hydrogens (tertiary/aromatic N) is 2. The summed E-state index contributed by atoms with van der Waals surface area (Å²) in [6.45, 7) is 5.63. The zero-order valence-corrected chi connectivity index (χ0v) is 11.0. The summed E-state index contributed by atoms with van der Waals surface area (Å²) in [6.07, 6.45) is 0.717. The number of carbonyl (C=O) groups is 1. The van der Waals surface area contributed by atoms with E-state index < -0.39 is 18.0 Å². The van der Waals surface area contributed by atoms with Crippen LogP contribution >= 0.6 is 0 Å². The lowest BCUT2D eigenvalue weighted by Crippen LogP contribution is -2.28. The molecule has 2 unspecified atom stereocenters. The van der Waals surface area contributed by atoms with Gasteiger partial charge in [0.05, 0.1) is 25.3 Å². The molecule has 0 fully saturated rings. The van der Waals surface area contributed by atoms with E-state index >= 15 is 0 Å². The third-order valence-electron chi connectivity index (χ3n) is 3.12. The molecule has 0 bridgehead atoms. The van der Waals surface area contributed by atoms with Crippen LogP contribution in [0.5, 0.6) is 0 Å². The molecule has 17 heavy (non-hydrogen) atoms. The van der Waals surface area contributed by atoms with Crippen LogP contribution < -0.4 is 0 Å². The molecule has 1 aromatic rings. The summed E-state index contributed by atoms with van der Waals surface area (Å²) in [5.74, 6) is -0.962. The van der Waals surface area contributed by atoms with Crippen LogP contribution in [0.1, 0.15) is 31.2 Å². The highest BCUT2D eigenvalue weighted by Crippen LogP contribution is 2.30. The van der Waals surface area contributed by atoms with E-state index in [-0.39, 0.29) is 5.92 Å². The number of ether oxygens (including phenoxy) is 1. The van der Waals surface area contributed by atoms with Crippen molar-refractivity contribution in [1.29, 1.82) is 0 Å². The van der Waals surface area contributed by atoms with Gasteiger partial charge in [-0.2, -0.15) is 5.10 Å². The van der Waals surface area contributed by atoms with E-state index in [0.29, 0.717) is 5.56 Å². The van der Waals surface area contributed by atoms with Crippen LogP contribution in [0, 0.1) is 18.8 Å². The van der Waals surface area contributed by atoms with Crippen molar-refractivity contribution in [3.05, 3.63) is 17.5 Å². The lowest BCUT2D eigenvalue weighted by Gasteiger charge is -2.23. The number of esters is 1. The van der Waals surface area contributed by atoms with Crippen molar-refractivity contribution in [2.24, 2.45) is 18.9 Å². The maximum absolute atomic E-state index is 11.7. The molecule has 0 aliphatic heterocycles. The summed E-state index contributed by atoms with van der Waals surface area (Å²) in [5.41, 5.74) is 1.53. The molecule has 1 rings (SSSR count). The van der Waals surface area contributed by atoms with Crippen LogP contribution in [0.25, 0.3) is 0 Å². The SMILES string of the molecule is COC(=O)C(C(C)C)C(O)c1cnn(C)c1C. The highest BCUT2D eigenvalue weighted by molar-refractivity contribution is 5.73. The van der Waals surface area contributed by atoms with Crippen LogP contribution in [-0.4, -0.2) is 28.0 Å². The Morgan fingerprint density at radius 3 is 2.47 bits per heavy atom. The van der Waals surface area contributed by atoms with Gasteiger partial charge in [-0.25, -0.2) is 0 Å². The number of aryl methyl sites for hydroxylation is 1. The summed E-state index contributed by atoms with van der Waals surface area (Å²) < 4.78 is 6.41. The van der Waals surface area contributed by atoms with Crippen LogP contribution in [0.15, 0.2) is 6.20 Å². The average Bonchev–Trinajstić information content (AvgIpc) is 2.59. The first-order valence-electron chi connectivity index (χ1n) is 5.64. The molecule has 2 atom stereocenters. The predicted octanol–water partition coefficient (Wildman–Crippen LogP) is 1.21. The molecule has 0 aliphatic carbocycles. The zero-order valence-electron chi connectivity index (χ0n) is 11.0. The van der Waals surface area contributed by atoms with Crippen molar-refractivity contribution in [2.75, 3.05) is 7.11 Å². The fraction of sp³-hybridized carbons (Fsp3) is 0.667. The second kappa shape index (κ2) is 5.31. The van der Waals surface area contributed by atoms with Crippen molar-refractivity contribution < 1.29 is 14.6 Å². The number of methoxy groups -OCH3 is 1. The number of carbonyl (C=O) groups excluding carboxylic acids is 1. The molecule has 1 N–H and O–H groups in total. The minimum atomic E-state index is -0.879. The summed E-state index contributed by atoms with van der Waals surface area (Å²) in [4.78, 5) is 11.7. The monoisotopic (exact) mass is 240 g/mol. The van der Waals surface area contributed by atoms with E-state index in [1.54, 1.807) is 17.9 Å². The smallest absolute Gasteiger partial charge is 0.311 e. The first-order chi connectivity index (χ1) is 7.90. The Kier molecular flexibility index (Phi) is 4.28. The zero-order chi connectivity index (χ0) is 13.2. The van der Waals surface area contributed by atoms with Gasteiger partial charge in [0, 0.05) is 18.3 Å². The topological polar surface area (TPSA) is 64.3 Å². The van der Waals surface area contributed by atoms with Gasteiger partial charge in [-0.15, -0.1) is 0 Å². The molecule has 5 heteroatoms. The van der Waals surface area contributed by atoms with Crippen LogP contribution in [0.4, 0.5) is 0 Å². The average molecular weight is 240 g/mol. The predicted molar refractivity (Wildman–Crippen MR) is 63.2 cm³/mol. The van der Waals surface area contributed by atoms with E-state index in [9.17, 15) is 9.90 Å². The van der Waals surface area contributed by atoms with Gasteiger partial charge >= 0.3 is 5.97 Å². The number of hydrogen-bond donors (Lipinski definition) is 1. The van der Waals surface area contributed by atoms with Crippen LogP contribution in [0.2, 0.25) is 0 Å². The van der Waals surface area contributed by atoms with Crippen LogP contribution in [0.3, 0.4) is 0 Å². The van der Waals surface area contributed by atoms with Crippen LogP contribution in [-0.2, 0) is 16.6 Å². The first kappa shape index (κ1) is 13.7. The minimum Gasteiger partial charge on any atom is -0.469 e. The largest absolute Gasteiger partial charge is 0.469 e. The molecular formula is C12H20N2O3. The van der Waals surface area contributed by atoms with Gasteiger partial charge in [-0.3, -0.25) is 9.48 Å². The van der Waals surface area contributed by atoms with Gasteiger partial charge in [-0.1, -0.05) is 13.8 Å². The molecule has 1 heterocycles. The number of hydrogen-bond acceptors (Lipinski definition) is 4. The van der Waals surface area contributed by atoms with Gasteiger partial charge in [-0.05, 0) is 12.8 Å². The van der Waals surface area contributed by atoms with E-state index in [2.05, 4.69) is 5.10 Å². The van der Waals surface area contributed by atoms with E-state index in [4.69, 9.17) is 4.74 Å². The highest BCUT2D eigenvalue weighted by atomic mass is 16.5. The van der Waals surface area contributed by atoms with E-state index in [0.717, 1.165) is 5.69 Å². The Morgan fingerprint density at radius 2 is 2.12 bits per heavy atom. The Bertz CT molecular complexity index is 398. The third-order valence-corrected chi connectivity index (χ3v) is 3.12. The minimum absolute atomic E-state index is 0.00273. The Labute approximate surface area is 101 Å². The number of aliphatic hydroxyl groups is 1. The van der Waals surface area contributed by atoms with E-state index in [1.165, 1.54) is 7.11 Å². The number of aromatic nitrogens is 2. The Balaban J connectivity index is 3.04. The van der Waals surface area contributed by atoms with Crippen molar-refractivity contribution >= 4 is 5.97 Å². The maximum Gasteiger partial charge on any atom is 0.311 e. The molecule has 0 aromatic carbocycles. The quantitative estimate of drug-likeness (QED) is 0.803. The summed E-state index contributed by atoms with van der Waals surface area (Å²) in [5, 5.41) is 14.4. The van der Waals surface area contributed by atoms with Crippen molar-refractivity contribution in [1.82, 2.24) is 9.78 Å². The van der Waals surface area contributed by atoms with Gasteiger partial charge in [0.15, 0.2) is 0 Å². The molecule has 96 valence electrons. The normalized spacial score (nSPS) is 14.8. The van der Waals surface area contributed by atoms with Crippen molar-refractivity contribution in [3.63, 3.8) is 0 Å². The second-order valence-corrected chi connectivity index (χ2v) is 4.55. The lowest BCUT2D eigenvalue weighted by atomic mass is 9.87. The Morgan fingerprint density at radius 1 is 1.53 bits per heavy atom. The number of aliphatic hydroxyl groups excluding tert-OH is 1. The molecule has 0 saturated heterocycles. The van der Waals surface area contributed by atoms with Gasteiger partial charge in [0.25, 0.3) is 0 Å². The van der Waals surface area contributed by atoms with Gasteiger partial charge < -0.3 is 9.84 Å². The molecule has 5 nitrogen and oxygen atoms in total. The third kappa shape index (κ3) is 2.66. The maximum atomic E-state index is 11.7. The molecule has 1 aromatic heterocycles. The summed E-state index contributed by atoms with van der Waals surface area (Å²) in [6, 6.07) is 0.